The van der Waals surface area contributed by atoms with Gasteiger partial charge in [-0.2, -0.15) is 5.26 Å². The maximum Gasteiger partial charge on any atom is 0.102 e. The third-order valence-corrected chi connectivity index (χ3v) is 4.49. The van der Waals surface area contributed by atoms with E-state index >= 15 is 0 Å². The average molecular weight is 337 g/mol. The minimum Gasteiger partial charge on any atom is -0.248 e. The molecule has 0 saturated heterocycles. The van der Waals surface area contributed by atoms with E-state index in [0.29, 0.717) is 0 Å². The molecule has 0 fully saturated rings. The summed E-state index contributed by atoms with van der Waals surface area (Å²) in [4.78, 5) is 6.25. The van der Waals surface area contributed by atoms with Crippen molar-refractivity contribution in [1.29, 1.82) is 5.26 Å². The van der Waals surface area contributed by atoms with E-state index in [9.17, 15) is 5.26 Å². The Morgan fingerprint density at radius 2 is 2.00 bits per heavy atom. The van der Waals surface area contributed by atoms with Crippen molar-refractivity contribution in [2.24, 2.45) is 0 Å². The highest BCUT2D eigenvalue weighted by molar-refractivity contribution is 9.10. The second-order valence-corrected chi connectivity index (χ2v) is 6.19. The van der Waals surface area contributed by atoms with Gasteiger partial charge in [-0.1, -0.05) is 17.8 Å². The molecule has 2 nitrogen and oxygen atoms in total. The van der Waals surface area contributed by atoms with Gasteiger partial charge in [-0.3, -0.25) is 0 Å². The smallest absolute Gasteiger partial charge is 0.102 e. The Balaban J connectivity index is 2.35. The number of thioether (sulfide) groups is 1. The van der Waals surface area contributed by atoms with Gasteiger partial charge in [-0.15, -0.1) is 11.8 Å². The number of nitrogens with zero attached hydrogens (tertiary/aromatic N) is 2. The zero-order valence-electron chi connectivity index (χ0n) is 9.55. The minimum absolute atomic E-state index is 0.722. The predicted molar refractivity (Wildman–Crippen MR) is 79.0 cm³/mol. The Hall–Kier alpha value is -0.960. The molecule has 0 saturated carbocycles. The predicted octanol–water partition coefficient (Wildman–Crippen LogP) is 4.59. The summed E-state index contributed by atoms with van der Waals surface area (Å²) in [6.45, 7) is 0. The summed E-state index contributed by atoms with van der Waals surface area (Å²) in [5, 5.41) is 10.1. The lowest BCUT2D eigenvalue weighted by Gasteiger charge is -2.06. The van der Waals surface area contributed by atoms with Crippen LogP contribution in [0.25, 0.3) is 0 Å². The summed E-state index contributed by atoms with van der Waals surface area (Å²) in [6.07, 6.45) is 3.73. The van der Waals surface area contributed by atoms with Crippen LogP contribution in [0.1, 0.15) is 5.56 Å². The van der Waals surface area contributed by atoms with Gasteiger partial charge in [0.05, 0.1) is 5.56 Å². The van der Waals surface area contributed by atoms with Gasteiger partial charge in [0, 0.05) is 20.5 Å². The molecule has 1 heterocycles. The van der Waals surface area contributed by atoms with Crippen LogP contribution in [0.2, 0.25) is 0 Å². The summed E-state index contributed by atoms with van der Waals surface area (Å²) < 4.78 is 0.949. The van der Waals surface area contributed by atoms with Crippen LogP contribution in [0.4, 0.5) is 0 Å². The van der Waals surface area contributed by atoms with Crippen LogP contribution >= 0.6 is 39.5 Å². The van der Waals surface area contributed by atoms with Crippen molar-refractivity contribution in [3.05, 3.63) is 46.6 Å². The van der Waals surface area contributed by atoms with Gasteiger partial charge in [0.15, 0.2) is 0 Å². The van der Waals surface area contributed by atoms with Gasteiger partial charge >= 0.3 is 0 Å². The first-order valence-corrected chi connectivity index (χ1v) is 7.94. The van der Waals surface area contributed by atoms with E-state index in [-0.39, 0.29) is 0 Å². The van der Waals surface area contributed by atoms with Gasteiger partial charge in [0.1, 0.15) is 11.1 Å². The summed E-state index contributed by atoms with van der Waals surface area (Å²) in [5.41, 5.74) is 0.722. The number of hydrogen-bond donors (Lipinski definition) is 0. The number of halogens is 1. The van der Waals surface area contributed by atoms with Crippen molar-refractivity contribution in [3.63, 3.8) is 0 Å². The maximum atomic E-state index is 9.25. The fourth-order valence-electron chi connectivity index (χ4n) is 1.41. The van der Waals surface area contributed by atoms with Crippen molar-refractivity contribution in [3.8, 4) is 6.07 Å². The van der Waals surface area contributed by atoms with Crippen LogP contribution in [0.15, 0.2) is 55.8 Å². The van der Waals surface area contributed by atoms with E-state index in [1.54, 1.807) is 18.0 Å². The summed E-state index contributed by atoms with van der Waals surface area (Å²) in [7, 11) is 0. The van der Waals surface area contributed by atoms with Gasteiger partial charge in [-0.05, 0) is 46.5 Å². The van der Waals surface area contributed by atoms with Crippen molar-refractivity contribution in [2.75, 3.05) is 6.26 Å². The fourth-order valence-corrected chi connectivity index (χ4v) is 3.16. The van der Waals surface area contributed by atoms with Crippen LogP contribution < -0.4 is 0 Å². The fraction of sp³-hybridized carbons (Fsp3) is 0.0769. The molecule has 0 aliphatic carbocycles. The molecule has 1 aromatic heterocycles. The number of hydrogen-bond acceptors (Lipinski definition) is 4. The molecule has 0 bridgehead atoms. The van der Waals surface area contributed by atoms with Gasteiger partial charge in [-0.25, -0.2) is 4.98 Å². The van der Waals surface area contributed by atoms with E-state index in [1.807, 2.05) is 36.6 Å². The Labute approximate surface area is 123 Å². The first-order valence-electron chi connectivity index (χ1n) is 5.11. The van der Waals surface area contributed by atoms with Gasteiger partial charge < -0.3 is 0 Å². The number of benzene rings is 1. The highest BCUT2D eigenvalue weighted by atomic mass is 79.9. The second-order valence-electron chi connectivity index (χ2n) is 3.36. The standard InChI is InChI=1S/C13H9BrN2S2/c1-17-11-3-2-4-12(10(11)7-15)18-13-6-5-9(14)8-16-13/h2-6,8H,1H3. The number of aromatic nitrogens is 1. The monoisotopic (exact) mass is 336 g/mol. The Morgan fingerprint density at radius 1 is 1.22 bits per heavy atom. The maximum absolute atomic E-state index is 9.25. The van der Waals surface area contributed by atoms with Gasteiger partial charge in [0.25, 0.3) is 0 Å². The normalized spacial score (nSPS) is 10.1. The molecule has 0 aliphatic heterocycles. The zero-order valence-corrected chi connectivity index (χ0v) is 12.8. The lowest BCUT2D eigenvalue weighted by molar-refractivity contribution is 1.12. The first-order chi connectivity index (χ1) is 8.74. The molecule has 0 spiro atoms. The van der Waals surface area contributed by atoms with Crippen molar-refractivity contribution >= 4 is 39.5 Å². The molecular formula is C13H9BrN2S2. The Morgan fingerprint density at radius 3 is 2.61 bits per heavy atom. The zero-order chi connectivity index (χ0) is 13.0. The highest BCUT2D eigenvalue weighted by Crippen LogP contribution is 2.33. The van der Waals surface area contributed by atoms with Crippen LogP contribution in [0.3, 0.4) is 0 Å². The Kier molecular flexibility index (Phi) is 4.70. The molecule has 1 aromatic carbocycles. The summed E-state index contributed by atoms with van der Waals surface area (Å²) >= 11 is 6.45. The molecule has 18 heavy (non-hydrogen) atoms. The average Bonchev–Trinajstić information content (AvgIpc) is 2.41. The largest absolute Gasteiger partial charge is 0.248 e. The SMILES string of the molecule is CSc1cccc(Sc2ccc(Br)cn2)c1C#N. The number of nitriles is 1. The van der Waals surface area contributed by atoms with Crippen LogP contribution in [0.5, 0.6) is 0 Å². The van der Waals surface area contributed by atoms with E-state index in [0.717, 1.165) is 24.9 Å². The quantitative estimate of drug-likeness (QED) is 0.768. The van der Waals surface area contributed by atoms with E-state index < -0.39 is 0 Å². The third kappa shape index (κ3) is 3.08. The molecule has 0 aliphatic rings. The van der Waals surface area contributed by atoms with Crippen LogP contribution in [0, 0.1) is 11.3 Å². The molecule has 0 atom stereocenters. The Bertz CT molecular complexity index is 591. The molecule has 0 unspecified atom stereocenters. The number of rotatable bonds is 3. The highest BCUT2D eigenvalue weighted by Gasteiger charge is 2.09. The van der Waals surface area contributed by atoms with Crippen molar-refractivity contribution in [1.82, 2.24) is 4.98 Å². The van der Waals surface area contributed by atoms with Gasteiger partial charge in [0.2, 0.25) is 0 Å². The molecule has 90 valence electrons. The molecule has 5 heteroatoms. The minimum atomic E-state index is 0.722. The molecule has 0 N–H and O–H groups in total. The molecule has 2 rings (SSSR count). The van der Waals surface area contributed by atoms with Crippen LogP contribution in [-0.4, -0.2) is 11.2 Å². The molecule has 2 aromatic rings. The number of pyridine rings is 1. The first kappa shape index (κ1) is 13.5. The lowest BCUT2D eigenvalue weighted by atomic mass is 10.2. The van der Waals surface area contributed by atoms with Crippen molar-refractivity contribution in [2.45, 2.75) is 14.8 Å². The third-order valence-electron chi connectivity index (χ3n) is 2.23. The topological polar surface area (TPSA) is 36.7 Å². The van der Waals surface area contributed by atoms with Crippen LogP contribution in [-0.2, 0) is 0 Å². The molecule has 0 amide bonds. The summed E-state index contributed by atoms with van der Waals surface area (Å²) in [5.74, 6) is 0. The molecular weight excluding hydrogens is 328 g/mol. The lowest BCUT2D eigenvalue weighted by Crippen LogP contribution is -1.86. The summed E-state index contributed by atoms with van der Waals surface area (Å²) in [6, 6.07) is 12.0. The van der Waals surface area contributed by atoms with Crippen molar-refractivity contribution < 1.29 is 0 Å². The van der Waals surface area contributed by atoms with E-state index in [4.69, 9.17) is 0 Å². The van der Waals surface area contributed by atoms with E-state index in [1.165, 1.54) is 11.8 Å². The van der Waals surface area contributed by atoms with E-state index in [2.05, 4.69) is 27.0 Å². The molecule has 0 radical (unpaired) electrons. The second kappa shape index (κ2) is 6.28.